The van der Waals surface area contributed by atoms with E-state index in [0.29, 0.717) is 6.42 Å². The summed E-state index contributed by atoms with van der Waals surface area (Å²) in [5.74, 6) is 0.257. The third-order valence-electron chi connectivity index (χ3n) is 2.08. The Morgan fingerprint density at radius 2 is 1.79 bits per heavy atom. The molecule has 0 aliphatic carbocycles. The van der Waals surface area contributed by atoms with Gasteiger partial charge in [0.25, 0.3) is 0 Å². The van der Waals surface area contributed by atoms with E-state index < -0.39 is 0 Å². The number of nitrogens with zero attached hydrogens (tertiary/aromatic N) is 2. The Labute approximate surface area is 95.6 Å². The Balaban J connectivity index is 3.54. The first-order valence-electron chi connectivity index (χ1n) is 5.02. The zero-order valence-corrected chi connectivity index (χ0v) is 11.0. The molecule has 0 aromatic carbocycles. The second kappa shape index (κ2) is 8.24. The lowest BCUT2D eigenvalue weighted by atomic mass is 10.2. The summed E-state index contributed by atoms with van der Waals surface area (Å²) in [6.45, 7) is 1.75. The van der Waals surface area contributed by atoms with Gasteiger partial charge in [0.05, 0.1) is 0 Å². The topological polar surface area (TPSA) is 23.6 Å². The van der Waals surface area contributed by atoms with Gasteiger partial charge in [-0.1, -0.05) is 15.9 Å². The van der Waals surface area contributed by atoms with Crippen molar-refractivity contribution >= 4 is 21.8 Å². The maximum Gasteiger partial charge on any atom is 0.222 e. The molecule has 0 radical (unpaired) electrons. The van der Waals surface area contributed by atoms with Crippen molar-refractivity contribution in [2.45, 2.75) is 19.3 Å². The predicted molar refractivity (Wildman–Crippen MR) is 63.8 cm³/mol. The minimum absolute atomic E-state index is 0.257. The standard InChI is InChI=1S/C10H21BrN2O/c1-12(2)8-9-13(3)10(14)6-4-5-7-11/h4-9H2,1-3H3. The van der Waals surface area contributed by atoms with Crippen LogP contribution in [0.15, 0.2) is 0 Å². The largest absolute Gasteiger partial charge is 0.344 e. The number of alkyl halides is 1. The molecule has 0 saturated heterocycles. The molecule has 3 nitrogen and oxygen atoms in total. The van der Waals surface area contributed by atoms with Gasteiger partial charge in [-0.25, -0.2) is 0 Å². The summed E-state index contributed by atoms with van der Waals surface area (Å²) >= 11 is 3.35. The second-order valence-corrected chi connectivity index (χ2v) is 4.56. The summed E-state index contributed by atoms with van der Waals surface area (Å²) in [7, 11) is 5.91. The fraction of sp³-hybridized carbons (Fsp3) is 0.900. The second-order valence-electron chi connectivity index (χ2n) is 3.76. The molecule has 0 spiro atoms. The molecule has 4 heteroatoms. The van der Waals surface area contributed by atoms with Crippen LogP contribution in [-0.2, 0) is 4.79 Å². The van der Waals surface area contributed by atoms with Gasteiger partial charge in [-0.15, -0.1) is 0 Å². The number of amides is 1. The van der Waals surface area contributed by atoms with Gasteiger partial charge in [0.15, 0.2) is 0 Å². The van der Waals surface area contributed by atoms with E-state index in [1.165, 1.54) is 0 Å². The first-order valence-corrected chi connectivity index (χ1v) is 6.14. The van der Waals surface area contributed by atoms with Gasteiger partial charge >= 0.3 is 0 Å². The highest BCUT2D eigenvalue weighted by atomic mass is 79.9. The van der Waals surface area contributed by atoms with Crippen LogP contribution in [0.2, 0.25) is 0 Å². The molecular formula is C10H21BrN2O. The Morgan fingerprint density at radius 3 is 2.29 bits per heavy atom. The van der Waals surface area contributed by atoms with E-state index in [1.807, 2.05) is 26.0 Å². The van der Waals surface area contributed by atoms with Gasteiger partial charge in [-0.05, 0) is 26.9 Å². The Hall–Kier alpha value is -0.0900. The summed E-state index contributed by atoms with van der Waals surface area (Å²) in [5.41, 5.74) is 0. The number of likely N-dealkylation sites (N-methyl/N-ethyl adjacent to an activating group) is 2. The van der Waals surface area contributed by atoms with Crippen LogP contribution in [0.4, 0.5) is 0 Å². The Morgan fingerprint density at radius 1 is 1.14 bits per heavy atom. The van der Waals surface area contributed by atoms with E-state index in [-0.39, 0.29) is 5.91 Å². The zero-order chi connectivity index (χ0) is 11.0. The van der Waals surface area contributed by atoms with E-state index in [9.17, 15) is 4.79 Å². The van der Waals surface area contributed by atoms with Gasteiger partial charge in [0, 0.05) is 31.9 Å². The average Bonchev–Trinajstić information content (AvgIpc) is 2.14. The number of halogens is 1. The molecule has 0 heterocycles. The molecule has 0 aromatic heterocycles. The molecule has 0 aliphatic heterocycles. The van der Waals surface area contributed by atoms with Gasteiger partial charge in [0.2, 0.25) is 5.91 Å². The van der Waals surface area contributed by atoms with Crippen LogP contribution in [0.5, 0.6) is 0 Å². The fourth-order valence-electron chi connectivity index (χ4n) is 1.04. The van der Waals surface area contributed by atoms with Crippen molar-refractivity contribution in [1.29, 1.82) is 0 Å². The van der Waals surface area contributed by atoms with Crippen LogP contribution in [-0.4, -0.2) is 55.3 Å². The number of carbonyl (C=O) groups excluding carboxylic acids is 1. The Bertz CT molecular complexity index is 162. The summed E-state index contributed by atoms with van der Waals surface area (Å²) in [5, 5.41) is 0.988. The minimum atomic E-state index is 0.257. The van der Waals surface area contributed by atoms with Gasteiger partial charge in [0.1, 0.15) is 0 Å². The van der Waals surface area contributed by atoms with Crippen molar-refractivity contribution < 1.29 is 4.79 Å². The normalized spacial score (nSPS) is 10.6. The summed E-state index contributed by atoms with van der Waals surface area (Å²) in [6, 6.07) is 0. The number of rotatable bonds is 7. The summed E-state index contributed by atoms with van der Waals surface area (Å²) in [6.07, 6.45) is 2.74. The first kappa shape index (κ1) is 13.9. The zero-order valence-electron chi connectivity index (χ0n) is 9.42. The molecular weight excluding hydrogens is 244 g/mol. The van der Waals surface area contributed by atoms with Gasteiger partial charge in [-0.2, -0.15) is 0 Å². The van der Waals surface area contributed by atoms with Crippen LogP contribution in [0, 0.1) is 0 Å². The highest BCUT2D eigenvalue weighted by Gasteiger charge is 2.07. The van der Waals surface area contributed by atoms with Crippen LogP contribution in [0.25, 0.3) is 0 Å². The molecule has 0 rings (SSSR count). The summed E-state index contributed by atoms with van der Waals surface area (Å²) in [4.78, 5) is 15.4. The lowest BCUT2D eigenvalue weighted by Crippen LogP contribution is -2.33. The van der Waals surface area contributed by atoms with Crippen molar-refractivity contribution in [1.82, 2.24) is 9.80 Å². The molecule has 84 valence electrons. The molecule has 0 saturated carbocycles. The van der Waals surface area contributed by atoms with Crippen molar-refractivity contribution in [3.63, 3.8) is 0 Å². The average molecular weight is 265 g/mol. The first-order chi connectivity index (χ1) is 6.57. The van der Waals surface area contributed by atoms with Crippen LogP contribution in [0.3, 0.4) is 0 Å². The molecule has 0 N–H and O–H groups in total. The molecule has 0 fully saturated rings. The van der Waals surface area contributed by atoms with E-state index in [0.717, 1.165) is 31.3 Å². The van der Waals surface area contributed by atoms with Gasteiger partial charge < -0.3 is 9.80 Å². The number of hydrogen-bond acceptors (Lipinski definition) is 2. The van der Waals surface area contributed by atoms with Gasteiger partial charge in [-0.3, -0.25) is 4.79 Å². The quantitative estimate of drug-likeness (QED) is 0.515. The van der Waals surface area contributed by atoms with E-state index in [4.69, 9.17) is 0 Å². The smallest absolute Gasteiger partial charge is 0.222 e. The van der Waals surface area contributed by atoms with Crippen molar-refractivity contribution in [3.05, 3.63) is 0 Å². The minimum Gasteiger partial charge on any atom is -0.344 e. The lowest BCUT2D eigenvalue weighted by molar-refractivity contribution is -0.130. The van der Waals surface area contributed by atoms with Crippen molar-refractivity contribution in [2.75, 3.05) is 39.6 Å². The van der Waals surface area contributed by atoms with Crippen LogP contribution < -0.4 is 0 Å². The Kier molecular flexibility index (Phi) is 8.18. The predicted octanol–water partition coefficient (Wildman–Crippen LogP) is 1.57. The molecule has 0 bridgehead atoms. The number of unbranched alkanes of at least 4 members (excludes halogenated alkanes) is 1. The molecule has 14 heavy (non-hydrogen) atoms. The number of hydrogen-bond donors (Lipinski definition) is 0. The third kappa shape index (κ3) is 7.33. The monoisotopic (exact) mass is 264 g/mol. The molecule has 0 unspecified atom stereocenters. The van der Waals surface area contributed by atoms with E-state index in [2.05, 4.69) is 20.8 Å². The molecule has 1 amide bonds. The molecule has 0 atom stereocenters. The SMILES string of the molecule is CN(C)CCN(C)C(=O)CCCCBr. The fourth-order valence-corrected chi connectivity index (χ4v) is 1.43. The highest BCUT2D eigenvalue weighted by molar-refractivity contribution is 9.09. The summed E-state index contributed by atoms with van der Waals surface area (Å²) < 4.78 is 0. The van der Waals surface area contributed by atoms with Crippen molar-refractivity contribution in [2.24, 2.45) is 0 Å². The molecule has 0 aromatic rings. The van der Waals surface area contributed by atoms with Crippen LogP contribution >= 0.6 is 15.9 Å². The molecule has 0 aliphatic rings. The van der Waals surface area contributed by atoms with E-state index in [1.54, 1.807) is 0 Å². The van der Waals surface area contributed by atoms with Crippen molar-refractivity contribution in [3.8, 4) is 0 Å². The van der Waals surface area contributed by atoms with Crippen LogP contribution in [0.1, 0.15) is 19.3 Å². The highest BCUT2D eigenvalue weighted by Crippen LogP contribution is 2.01. The number of carbonyl (C=O) groups is 1. The van der Waals surface area contributed by atoms with E-state index >= 15 is 0 Å². The maximum absolute atomic E-state index is 11.5. The lowest BCUT2D eigenvalue weighted by Gasteiger charge is -2.19. The maximum atomic E-state index is 11.5. The third-order valence-corrected chi connectivity index (χ3v) is 2.64.